The van der Waals surface area contributed by atoms with Gasteiger partial charge in [0.1, 0.15) is 11.6 Å². The van der Waals surface area contributed by atoms with Crippen LogP contribution >= 0.6 is 0 Å². The summed E-state index contributed by atoms with van der Waals surface area (Å²) in [7, 11) is 0. The van der Waals surface area contributed by atoms with Crippen LogP contribution in [0.15, 0.2) is 72.8 Å². The molecule has 0 radical (unpaired) electrons. The number of carbonyl (C=O) groups is 2. The largest absolute Gasteiger partial charge is 0.326 e. The van der Waals surface area contributed by atoms with Gasteiger partial charge in [-0.2, -0.15) is 0 Å². The van der Waals surface area contributed by atoms with Crippen molar-refractivity contribution in [3.8, 4) is 0 Å². The molecular weight excluding hydrogens is 374 g/mol. The molecule has 0 bridgehead atoms. The third kappa shape index (κ3) is 6.24. The van der Waals surface area contributed by atoms with Crippen molar-refractivity contribution in [2.45, 2.75) is 19.3 Å². The third-order valence-electron chi connectivity index (χ3n) is 4.29. The first-order chi connectivity index (χ1) is 14.0. The van der Waals surface area contributed by atoms with E-state index in [1.807, 2.05) is 30.3 Å². The smallest absolute Gasteiger partial charge is 0.228 e. The number of nitrogens with one attached hydrogen (secondary N) is 2. The summed E-state index contributed by atoms with van der Waals surface area (Å²) in [5, 5.41) is 5.22. The zero-order chi connectivity index (χ0) is 20.6. The van der Waals surface area contributed by atoms with Crippen LogP contribution in [-0.2, 0) is 22.4 Å². The van der Waals surface area contributed by atoms with Crippen molar-refractivity contribution in [3.63, 3.8) is 0 Å². The van der Waals surface area contributed by atoms with E-state index in [2.05, 4.69) is 10.6 Å². The molecule has 2 N–H and O–H groups in total. The summed E-state index contributed by atoms with van der Waals surface area (Å²) >= 11 is 0. The van der Waals surface area contributed by atoms with E-state index in [1.54, 1.807) is 12.1 Å². The van der Waals surface area contributed by atoms with Crippen molar-refractivity contribution in [3.05, 3.63) is 95.6 Å². The fraction of sp³-hybridized carbons (Fsp3) is 0.130. The van der Waals surface area contributed by atoms with E-state index >= 15 is 0 Å². The van der Waals surface area contributed by atoms with Crippen molar-refractivity contribution in [1.29, 1.82) is 0 Å². The quantitative estimate of drug-likeness (QED) is 0.609. The highest BCUT2D eigenvalue weighted by Crippen LogP contribution is 2.20. The molecule has 0 fully saturated rings. The van der Waals surface area contributed by atoms with Gasteiger partial charge in [-0.15, -0.1) is 0 Å². The molecule has 148 valence electrons. The lowest BCUT2D eigenvalue weighted by molar-refractivity contribution is -0.116. The average molecular weight is 394 g/mol. The van der Waals surface area contributed by atoms with Crippen LogP contribution in [0.4, 0.5) is 20.2 Å². The molecule has 0 aliphatic carbocycles. The Morgan fingerprint density at radius 2 is 1.48 bits per heavy atom. The van der Waals surface area contributed by atoms with Crippen LogP contribution < -0.4 is 10.6 Å². The summed E-state index contributed by atoms with van der Waals surface area (Å²) in [6.07, 6.45) is 0.765. The van der Waals surface area contributed by atoms with Crippen LogP contribution in [0.5, 0.6) is 0 Å². The number of anilines is 2. The number of rotatable bonds is 7. The SMILES string of the molecule is O=C(CCc1ccc(F)cc1)Nc1ccc(F)c(NC(=O)Cc2ccccc2)c1. The second-order valence-electron chi connectivity index (χ2n) is 6.58. The van der Waals surface area contributed by atoms with Crippen LogP contribution in [0, 0.1) is 11.6 Å². The van der Waals surface area contributed by atoms with Gasteiger partial charge in [-0.25, -0.2) is 8.78 Å². The summed E-state index contributed by atoms with van der Waals surface area (Å²) in [6.45, 7) is 0. The third-order valence-corrected chi connectivity index (χ3v) is 4.29. The Kier molecular flexibility index (Phi) is 6.68. The molecule has 0 aliphatic rings. The predicted octanol–water partition coefficient (Wildman–Crippen LogP) is 4.72. The van der Waals surface area contributed by atoms with Gasteiger partial charge in [-0.05, 0) is 47.9 Å². The molecule has 2 amide bonds. The Morgan fingerprint density at radius 3 is 2.21 bits per heavy atom. The fourth-order valence-corrected chi connectivity index (χ4v) is 2.81. The van der Waals surface area contributed by atoms with Gasteiger partial charge >= 0.3 is 0 Å². The minimum absolute atomic E-state index is 0.00210. The zero-order valence-electron chi connectivity index (χ0n) is 15.6. The van der Waals surface area contributed by atoms with Gasteiger partial charge in [0.2, 0.25) is 11.8 Å². The first-order valence-corrected chi connectivity index (χ1v) is 9.17. The summed E-state index contributed by atoms with van der Waals surface area (Å²) in [6, 6.07) is 19.1. The van der Waals surface area contributed by atoms with Crippen molar-refractivity contribution in [2.24, 2.45) is 0 Å². The monoisotopic (exact) mass is 394 g/mol. The van der Waals surface area contributed by atoms with Crippen molar-refractivity contribution >= 4 is 23.2 Å². The number of halogens is 2. The highest BCUT2D eigenvalue weighted by molar-refractivity contribution is 5.95. The summed E-state index contributed by atoms with van der Waals surface area (Å²) in [5.41, 5.74) is 2.04. The molecule has 3 aromatic carbocycles. The van der Waals surface area contributed by atoms with Crippen LogP contribution in [0.1, 0.15) is 17.5 Å². The number of carbonyl (C=O) groups excluding carboxylic acids is 2. The number of hydrogen-bond acceptors (Lipinski definition) is 2. The Bertz CT molecular complexity index is 990. The number of benzene rings is 3. The number of aryl methyl sites for hydroxylation is 1. The van der Waals surface area contributed by atoms with Gasteiger partial charge in [0.15, 0.2) is 0 Å². The molecule has 4 nitrogen and oxygen atoms in total. The van der Waals surface area contributed by atoms with E-state index in [0.29, 0.717) is 12.1 Å². The molecule has 0 aliphatic heterocycles. The second kappa shape index (κ2) is 9.59. The van der Waals surface area contributed by atoms with E-state index < -0.39 is 5.82 Å². The van der Waals surface area contributed by atoms with Crippen LogP contribution in [-0.4, -0.2) is 11.8 Å². The first-order valence-electron chi connectivity index (χ1n) is 9.17. The molecule has 0 aromatic heterocycles. The molecule has 0 saturated heterocycles. The van der Waals surface area contributed by atoms with E-state index in [-0.39, 0.29) is 36.2 Å². The first kappa shape index (κ1) is 20.2. The lowest BCUT2D eigenvalue weighted by Crippen LogP contribution is -2.16. The summed E-state index contributed by atoms with van der Waals surface area (Å²) in [5.74, 6) is -1.53. The van der Waals surface area contributed by atoms with Crippen molar-refractivity contribution in [1.82, 2.24) is 0 Å². The molecule has 29 heavy (non-hydrogen) atoms. The minimum atomic E-state index is -0.587. The average Bonchev–Trinajstić information content (AvgIpc) is 2.71. The molecule has 0 heterocycles. The lowest BCUT2D eigenvalue weighted by atomic mass is 10.1. The maximum atomic E-state index is 14.1. The standard InChI is InChI=1S/C23H20F2N2O2/c24-18-9-6-16(7-10-18)8-13-22(28)26-19-11-12-20(25)21(15-19)27-23(29)14-17-4-2-1-3-5-17/h1-7,9-12,15H,8,13-14H2,(H,26,28)(H,27,29). The van der Waals surface area contributed by atoms with Gasteiger partial charge in [0.25, 0.3) is 0 Å². The second-order valence-corrected chi connectivity index (χ2v) is 6.58. The number of amides is 2. The lowest BCUT2D eigenvalue weighted by Gasteiger charge is -2.10. The molecule has 3 rings (SSSR count). The molecular formula is C23H20F2N2O2. The Hall–Kier alpha value is -3.54. The molecule has 6 heteroatoms. The van der Waals surface area contributed by atoms with E-state index in [4.69, 9.17) is 0 Å². The normalized spacial score (nSPS) is 10.4. The highest BCUT2D eigenvalue weighted by Gasteiger charge is 2.10. The highest BCUT2D eigenvalue weighted by atomic mass is 19.1. The van der Waals surface area contributed by atoms with E-state index in [1.165, 1.54) is 30.3 Å². The molecule has 3 aromatic rings. The molecule has 0 saturated carbocycles. The molecule has 0 atom stereocenters. The van der Waals surface area contributed by atoms with Gasteiger partial charge in [0.05, 0.1) is 12.1 Å². The minimum Gasteiger partial charge on any atom is -0.326 e. The van der Waals surface area contributed by atoms with Crippen LogP contribution in [0.2, 0.25) is 0 Å². The topological polar surface area (TPSA) is 58.2 Å². The van der Waals surface area contributed by atoms with Crippen LogP contribution in [0.25, 0.3) is 0 Å². The van der Waals surface area contributed by atoms with Gasteiger partial charge in [-0.3, -0.25) is 9.59 Å². The van der Waals surface area contributed by atoms with Crippen LogP contribution in [0.3, 0.4) is 0 Å². The Balaban J connectivity index is 1.57. The van der Waals surface area contributed by atoms with Crippen molar-refractivity contribution in [2.75, 3.05) is 10.6 Å². The Morgan fingerprint density at radius 1 is 0.759 bits per heavy atom. The van der Waals surface area contributed by atoms with Gasteiger partial charge in [0, 0.05) is 12.1 Å². The predicted molar refractivity (Wildman–Crippen MR) is 109 cm³/mol. The van der Waals surface area contributed by atoms with Crippen molar-refractivity contribution < 1.29 is 18.4 Å². The fourth-order valence-electron chi connectivity index (χ4n) is 2.81. The molecule has 0 unspecified atom stereocenters. The number of hydrogen-bond donors (Lipinski definition) is 2. The molecule has 0 spiro atoms. The summed E-state index contributed by atoms with van der Waals surface area (Å²) < 4.78 is 27.0. The van der Waals surface area contributed by atoms with Gasteiger partial charge < -0.3 is 10.6 Å². The van der Waals surface area contributed by atoms with E-state index in [0.717, 1.165) is 11.1 Å². The zero-order valence-corrected chi connectivity index (χ0v) is 15.6. The Labute approximate surface area is 167 Å². The maximum Gasteiger partial charge on any atom is 0.228 e. The maximum absolute atomic E-state index is 14.1. The van der Waals surface area contributed by atoms with Gasteiger partial charge in [-0.1, -0.05) is 42.5 Å². The summed E-state index contributed by atoms with van der Waals surface area (Å²) in [4.78, 5) is 24.3. The van der Waals surface area contributed by atoms with E-state index in [9.17, 15) is 18.4 Å².